The van der Waals surface area contributed by atoms with E-state index in [0.29, 0.717) is 0 Å². The van der Waals surface area contributed by atoms with Gasteiger partial charge in [-0.3, -0.25) is 4.98 Å². The number of aromatic nitrogens is 1. The van der Waals surface area contributed by atoms with Crippen LogP contribution >= 0.6 is 0 Å². The van der Waals surface area contributed by atoms with E-state index in [1.54, 1.807) is 6.07 Å². The molecule has 0 spiro atoms. The standard InChI is InChI=1S/C15H14FN3/c16-13-4-1-3-12(9-13)15-6-2-5-14(18-15)10-19-8-7-17-11-19/h1-9,17H,10-11H2. The zero-order chi connectivity index (χ0) is 13.1. The summed E-state index contributed by atoms with van der Waals surface area (Å²) in [6.45, 7) is 1.54. The summed E-state index contributed by atoms with van der Waals surface area (Å²) in [5.41, 5.74) is 2.57. The topological polar surface area (TPSA) is 28.2 Å². The van der Waals surface area contributed by atoms with Crippen molar-refractivity contribution in [1.29, 1.82) is 0 Å². The average Bonchev–Trinajstić information content (AvgIpc) is 2.92. The summed E-state index contributed by atoms with van der Waals surface area (Å²) in [5.74, 6) is -0.239. The lowest BCUT2D eigenvalue weighted by atomic mass is 10.1. The van der Waals surface area contributed by atoms with Crippen molar-refractivity contribution in [3.63, 3.8) is 0 Å². The van der Waals surface area contributed by atoms with Gasteiger partial charge in [0, 0.05) is 18.0 Å². The summed E-state index contributed by atoms with van der Waals surface area (Å²) in [6.07, 6.45) is 3.91. The number of hydrogen-bond donors (Lipinski definition) is 1. The second-order valence-electron chi connectivity index (χ2n) is 4.45. The monoisotopic (exact) mass is 255 g/mol. The first-order valence-corrected chi connectivity index (χ1v) is 6.17. The van der Waals surface area contributed by atoms with Crippen LogP contribution in [0.3, 0.4) is 0 Å². The highest BCUT2D eigenvalue weighted by molar-refractivity contribution is 5.58. The molecule has 3 nitrogen and oxygen atoms in total. The molecule has 1 N–H and O–H groups in total. The molecule has 0 radical (unpaired) electrons. The van der Waals surface area contributed by atoms with Crippen LogP contribution in [0.15, 0.2) is 54.9 Å². The van der Waals surface area contributed by atoms with Gasteiger partial charge in [-0.2, -0.15) is 0 Å². The number of hydrogen-bond acceptors (Lipinski definition) is 3. The van der Waals surface area contributed by atoms with Crippen LogP contribution in [0, 0.1) is 5.82 Å². The van der Waals surface area contributed by atoms with Gasteiger partial charge in [0.2, 0.25) is 0 Å². The quantitative estimate of drug-likeness (QED) is 0.914. The highest BCUT2D eigenvalue weighted by Gasteiger charge is 2.07. The van der Waals surface area contributed by atoms with Crippen molar-refractivity contribution in [1.82, 2.24) is 15.2 Å². The minimum atomic E-state index is -0.239. The molecule has 2 aromatic rings. The van der Waals surface area contributed by atoms with E-state index in [-0.39, 0.29) is 5.82 Å². The van der Waals surface area contributed by atoms with Crippen LogP contribution in [0.5, 0.6) is 0 Å². The average molecular weight is 255 g/mol. The van der Waals surface area contributed by atoms with E-state index in [9.17, 15) is 4.39 Å². The first kappa shape index (κ1) is 11.7. The molecular weight excluding hydrogens is 241 g/mol. The van der Waals surface area contributed by atoms with Crippen LogP contribution in [0.4, 0.5) is 4.39 Å². The van der Waals surface area contributed by atoms with Crippen molar-refractivity contribution < 1.29 is 4.39 Å². The van der Waals surface area contributed by atoms with Crippen LogP contribution in [0.2, 0.25) is 0 Å². The van der Waals surface area contributed by atoms with Gasteiger partial charge in [0.15, 0.2) is 0 Å². The lowest BCUT2D eigenvalue weighted by Gasteiger charge is -2.14. The van der Waals surface area contributed by atoms with Crippen LogP contribution in [-0.2, 0) is 6.54 Å². The third-order valence-corrected chi connectivity index (χ3v) is 2.99. The van der Waals surface area contributed by atoms with E-state index in [1.165, 1.54) is 12.1 Å². The Morgan fingerprint density at radius 2 is 2.11 bits per heavy atom. The van der Waals surface area contributed by atoms with Crippen molar-refractivity contribution in [2.45, 2.75) is 6.54 Å². The Morgan fingerprint density at radius 3 is 2.89 bits per heavy atom. The number of nitrogens with one attached hydrogen (secondary N) is 1. The summed E-state index contributed by atoms with van der Waals surface area (Å²) < 4.78 is 13.2. The summed E-state index contributed by atoms with van der Waals surface area (Å²) in [4.78, 5) is 6.70. The molecule has 4 heteroatoms. The fourth-order valence-electron chi connectivity index (χ4n) is 2.07. The SMILES string of the molecule is Fc1cccc(-c2cccc(CN3C=CNC3)n2)c1. The minimum absolute atomic E-state index is 0.239. The van der Waals surface area contributed by atoms with E-state index in [1.807, 2.05) is 36.7 Å². The smallest absolute Gasteiger partial charge is 0.123 e. The molecule has 0 atom stereocenters. The summed E-state index contributed by atoms with van der Waals surface area (Å²) >= 11 is 0. The highest BCUT2D eigenvalue weighted by Crippen LogP contribution is 2.18. The van der Waals surface area contributed by atoms with Crippen LogP contribution < -0.4 is 5.32 Å². The van der Waals surface area contributed by atoms with E-state index in [0.717, 1.165) is 30.2 Å². The Hall–Kier alpha value is -2.36. The first-order chi connectivity index (χ1) is 9.31. The number of benzene rings is 1. The van der Waals surface area contributed by atoms with Gasteiger partial charge in [0.05, 0.1) is 24.6 Å². The van der Waals surface area contributed by atoms with Gasteiger partial charge in [-0.1, -0.05) is 18.2 Å². The zero-order valence-corrected chi connectivity index (χ0v) is 10.4. The van der Waals surface area contributed by atoms with Gasteiger partial charge in [-0.05, 0) is 24.3 Å². The molecule has 1 aliphatic rings. The van der Waals surface area contributed by atoms with Crippen LogP contribution in [-0.4, -0.2) is 16.6 Å². The third kappa shape index (κ3) is 2.73. The van der Waals surface area contributed by atoms with E-state index >= 15 is 0 Å². The molecule has 3 rings (SSSR count). The molecular formula is C15H14FN3. The largest absolute Gasteiger partial charge is 0.373 e. The fraction of sp³-hybridized carbons (Fsp3) is 0.133. The minimum Gasteiger partial charge on any atom is -0.373 e. The molecule has 0 fully saturated rings. The Bertz CT molecular complexity index is 610. The van der Waals surface area contributed by atoms with Crippen LogP contribution in [0.25, 0.3) is 11.3 Å². The van der Waals surface area contributed by atoms with Gasteiger partial charge in [-0.15, -0.1) is 0 Å². The van der Waals surface area contributed by atoms with Gasteiger partial charge in [-0.25, -0.2) is 4.39 Å². The van der Waals surface area contributed by atoms with Crippen molar-refractivity contribution in [3.05, 3.63) is 66.4 Å². The van der Waals surface area contributed by atoms with Crippen molar-refractivity contribution in [2.75, 3.05) is 6.67 Å². The summed E-state index contributed by atoms with van der Waals surface area (Å²) in [7, 11) is 0. The molecule has 19 heavy (non-hydrogen) atoms. The van der Waals surface area contributed by atoms with Gasteiger partial charge >= 0.3 is 0 Å². The molecule has 1 aromatic heterocycles. The maximum absolute atomic E-state index is 13.2. The predicted octanol–water partition coefficient (Wildman–Crippen LogP) is 2.72. The Balaban J connectivity index is 1.85. The molecule has 0 amide bonds. The number of rotatable bonds is 3. The number of pyridine rings is 1. The molecule has 1 aliphatic heterocycles. The maximum atomic E-state index is 13.2. The van der Waals surface area contributed by atoms with E-state index in [4.69, 9.17) is 0 Å². The molecule has 0 bridgehead atoms. The van der Waals surface area contributed by atoms with Gasteiger partial charge < -0.3 is 10.2 Å². The Kier molecular flexibility index (Phi) is 3.14. The van der Waals surface area contributed by atoms with Crippen molar-refractivity contribution in [3.8, 4) is 11.3 Å². The fourth-order valence-corrected chi connectivity index (χ4v) is 2.07. The zero-order valence-electron chi connectivity index (χ0n) is 10.4. The molecule has 0 aliphatic carbocycles. The van der Waals surface area contributed by atoms with Crippen molar-refractivity contribution >= 4 is 0 Å². The first-order valence-electron chi connectivity index (χ1n) is 6.17. The third-order valence-electron chi connectivity index (χ3n) is 2.99. The number of nitrogens with zero attached hydrogens (tertiary/aromatic N) is 2. The molecule has 96 valence electrons. The van der Waals surface area contributed by atoms with Crippen LogP contribution in [0.1, 0.15) is 5.69 Å². The Morgan fingerprint density at radius 1 is 1.21 bits per heavy atom. The maximum Gasteiger partial charge on any atom is 0.123 e. The second-order valence-corrected chi connectivity index (χ2v) is 4.45. The lowest BCUT2D eigenvalue weighted by Crippen LogP contribution is -2.20. The number of halogens is 1. The molecule has 0 unspecified atom stereocenters. The molecule has 1 aromatic carbocycles. The van der Waals surface area contributed by atoms with E-state index in [2.05, 4.69) is 15.2 Å². The van der Waals surface area contributed by atoms with E-state index < -0.39 is 0 Å². The molecule has 2 heterocycles. The van der Waals surface area contributed by atoms with Gasteiger partial charge in [0.25, 0.3) is 0 Å². The highest BCUT2D eigenvalue weighted by atomic mass is 19.1. The van der Waals surface area contributed by atoms with Crippen molar-refractivity contribution in [2.24, 2.45) is 0 Å². The lowest BCUT2D eigenvalue weighted by molar-refractivity contribution is 0.380. The summed E-state index contributed by atoms with van der Waals surface area (Å²) in [5, 5.41) is 3.11. The predicted molar refractivity (Wildman–Crippen MR) is 72.3 cm³/mol. The van der Waals surface area contributed by atoms with Gasteiger partial charge in [0.1, 0.15) is 5.82 Å². The molecule has 0 saturated heterocycles. The second kappa shape index (κ2) is 5.10. The molecule has 0 saturated carbocycles. The Labute approximate surface area is 111 Å². The normalized spacial score (nSPS) is 13.6. The summed E-state index contributed by atoms with van der Waals surface area (Å²) in [6, 6.07) is 12.3.